The molecule has 3 N–H and O–H groups in total. The van der Waals surface area contributed by atoms with Crippen molar-refractivity contribution in [2.75, 3.05) is 16.1 Å². The molecule has 0 saturated heterocycles. The molecular formula is C31H20F3N5O4. The number of amides is 1. The number of nitrogen functional groups attached to an aromatic ring is 1. The zero-order chi connectivity index (χ0) is 30.1. The summed E-state index contributed by atoms with van der Waals surface area (Å²) in [5.74, 6) is -3.23. The molecule has 12 heteroatoms. The van der Waals surface area contributed by atoms with E-state index in [1.165, 1.54) is 48.8 Å². The molecule has 0 spiro atoms. The first kappa shape index (κ1) is 27.3. The highest BCUT2D eigenvalue weighted by atomic mass is 19.4. The van der Waals surface area contributed by atoms with Crippen molar-refractivity contribution in [3.8, 4) is 11.3 Å². The van der Waals surface area contributed by atoms with E-state index in [-0.39, 0.29) is 16.3 Å². The molecule has 2 aromatic heterocycles. The Morgan fingerprint density at radius 1 is 0.860 bits per heavy atom. The van der Waals surface area contributed by atoms with E-state index in [4.69, 9.17) is 10.2 Å². The van der Waals surface area contributed by atoms with Crippen LogP contribution in [0.4, 0.5) is 36.1 Å². The van der Waals surface area contributed by atoms with Crippen molar-refractivity contribution in [1.29, 1.82) is 0 Å². The maximum Gasteiger partial charge on any atom is 0.493 e. The summed E-state index contributed by atoms with van der Waals surface area (Å²) in [5, 5.41) is 5.22. The average molecular weight is 584 g/mol. The second-order valence-electron chi connectivity index (χ2n) is 9.34. The van der Waals surface area contributed by atoms with Crippen LogP contribution in [0.3, 0.4) is 0 Å². The molecule has 1 amide bonds. The van der Waals surface area contributed by atoms with E-state index in [2.05, 4.69) is 20.1 Å². The molecule has 9 nitrogen and oxygen atoms in total. The van der Waals surface area contributed by atoms with Crippen LogP contribution in [-0.4, -0.2) is 28.0 Å². The number of nitrogens with two attached hydrogens (primary N) is 1. The Kier molecular flexibility index (Phi) is 6.86. The van der Waals surface area contributed by atoms with Crippen LogP contribution < -0.4 is 16.1 Å². The normalized spacial score (nSPS) is 11.4. The lowest BCUT2D eigenvalue weighted by atomic mass is 10.1. The topological polar surface area (TPSA) is 124 Å². The predicted octanol–water partition coefficient (Wildman–Crippen LogP) is 7.04. The first-order chi connectivity index (χ1) is 20.7. The number of para-hydroxylation sites is 2. The van der Waals surface area contributed by atoms with Crippen molar-refractivity contribution in [3.05, 3.63) is 109 Å². The number of alkyl halides is 3. The van der Waals surface area contributed by atoms with Gasteiger partial charge in [-0.05, 0) is 54.6 Å². The summed E-state index contributed by atoms with van der Waals surface area (Å²) in [4.78, 5) is 38.1. The second-order valence-corrected chi connectivity index (χ2v) is 9.34. The van der Waals surface area contributed by atoms with Crippen LogP contribution in [-0.2, 0) is 9.63 Å². The van der Waals surface area contributed by atoms with Gasteiger partial charge in [0.1, 0.15) is 23.3 Å². The molecule has 0 unspecified atom stereocenters. The Balaban J connectivity index is 1.32. The smallest absolute Gasteiger partial charge is 0.455 e. The zero-order valence-corrected chi connectivity index (χ0v) is 22.0. The highest BCUT2D eigenvalue weighted by Gasteiger charge is 2.44. The van der Waals surface area contributed by atoms with Crippen molar-refractivity contribution in [1.82, 2.24) is 9.97 Å². The van der Waals surface area contributed by atoms with Crippen LogP contribution >= 0.6 is 0 Å². The molecule has 214 valence electrons. The van der Waals surface area contributed by atoms with Gasteiger partial charge in [0.05, 0.1) is 11.4 Å². The first-order valence-electron chi connectivity index (χ1n) is 12.8. The Morgan fingerprint density at radius 3 is 2.40 bits per heavy atom. The molecule has 0 aliphatic carbocycles. The molecule has 0 bridgehead atoms. The molecule has 6 aromatic rings. The monoisotopic (exact) mass is 583 g/mol. The van der Waals surface area contributed by atoms with Crippen LogP contribution in [0.2, 0.25) is 0 Å². The summed E-state index contributed by atoms with van der Waals surface area (Å²) in [5.41, 5.74) is 8.79. The summed E-state index contributed by atoms with van der Waals surface area (Å²) >= 11 is 0. The zero-order valence-electron chi connectivity index (χ0n) is 22.0. The fourth-order valence-electron chi connectivity index (χ4n) is 4.47. The van der Waals surface area contributed by atoms with Gasteiger partial charge < -0.3 is 20.3 Å². The van der Waals surface area contributed by atoms with Crippen molar-refractivity contribution < 1.29 is 32.0 Å². The highest BCUT2D eigenvalue weighted by Crippen LogP contribution is 2.35. The van der Waals surface area contributed by atoms with Gasteiger partial charge in [0, 0.05) is 39.3 Å². The first-order valence-corrected chi connectivity index (χ1v) is 12.8. The summed E-state index contributed by atoms with van der Waals surface area (Å²) in [7, 11) is 0. The quantitative estimate of drug-likeness (QED) is 0.164. The van der Waals surface area contributed by atoms with Gasteiger partial charge in [-0.15, -0.1) is 5.06 Å². The number of carbonyl (C=O) groups is 2. The maximum absolute atomic E-state index is 13.2. The molecule has 2 heterocycles. The lowest BCUT2D eigenvalue weighted by Gasteiger charge is -2.22. The van der Waals surface area contributed by atoms with Gasteiger partial charge in [-0.3, -0.25) is 4.79 Å². The van der Waals surface area contributed by atoms with Crippen LogP contribution in [0.25, 0.3) is 33.2 Å². The van der Waals surface area contributed by atoms with Crippen molar-refractivity contribution in [2.45, 2.75) is 6.18 Å². The Hall–Kier alpha value is -5.91. The van der Waals surface area contributed by atoms with Gasteiger partial charge in [-0.2, -0.15) is 13.2 Å². The van der Waals surface area contributed by atoms with E-state index >= 15 is 0 Å². The molecule has 6 rings (SSSR count). The van der Waals surface area contributed by atoms with E-state index in [1.54, 1.807) is 12.1 Å². The van der Waals surface area contributed by atoms with E-state index in [0.29, 0.717) is 28.5 Å². The Morgan fingerprint density at radius 2 is 1.60 bits per heavy atom. The molecule has 4 aromatic carbocycles. The van der Waals surface area contributed by atoms with Crippen LogP contribution in [0.5, 0.6) is 0 Å². The number of halogens is 3. The standard InChI is InChI=1S/C31H20F3N5O4/c32-31(33,34)30(41)43-39(29(40)18-11-13-19(35)14-12-18)21-6-3-5-20(15-21)38-27-16-25(36-17-37-27)24-9-4-8-23-22-7-1-2-10-26(22)42-28(23)24/h1-17H,35H2,(H,36,37,38). The third kappa shape index (κ3) is 5.53. The number of fused-ring (bicyclic) bond motifs is 3. The van der Waals surface area contributed by atoms with Crippen molar-refractivity contribution in [2.24, 2.45) is 0 Å². The maximum atomic E-state index is 13.2. The molecule has 0 radical (unpaired) electrons. The fraction of sp³-hybridized carbons (Fsp3) is 0.0323. The summed E-state index contributed by atoms with van der Waals surface area (Å²) in [6.07, 6.45) is -3.99. The van der Waals surface area contributed by atoms with Gasteiger partial charge >= 0.3 is 12.1 Å². The second kappa shape index (κ2) is 10.8. The van der Waals surface area contributed by atoms with Crippen LogP contribution in [0.15, 0.2) is 108 Å². The van der Waals surface area contributed by atoms with E-state index in [1.807, 2.05) is 42.5 Å². The molecule has 0 aliphatic rings. The molecule has 0 fully saturated rings. The summed E-state index contributed by atoms with van der Waals surface area (Å²) < 4.78 is 45.4. The van der Waals surface area contributed by atoms with Crippen LogP contribution in [0, 0.1) is 0 Å². The van der Waals surface area contributed by atoms with Crippen molar-refractivity contribution in [3.63, 3.8) is 0 Å². The lowest BCUT2D eigenvalue weighted by Crippen LogP contribution is -2.38. The number of hydrogen-bond acceptors (Lipinski definition) is 8. The number of rotatable bonds is 5. The van der Waals surface area contributed by atoms with Gasteiger partial charge in [0.15, 0.2) is 0 Å². The SMILES string of the molecule is Nc1ccc(C(=O)N(OC(=O)C(F)(F)F)c2cccc(Nc3cc(-c4cccc5c4oc4ccccc45)ncn3)c2)cc1. The molecule has 0 atom stereocenters. The van der Waals surface area contributed by atoms with Gasteiger partial charge in [-0.1, -0.05) is 36.4 Å². The summed E-state index contributed by atoms with van der Waals surface area (Å²) in [6.45, 7) is 0. The lowest BCUT2D eigenvalue weighted by molar-refractivity contribution is -0.199. The number of aromatic nitrogens is 2. The Bertz CT molecular complexity index is 1990. The minimum atomic E-state index is -5.34. The number of furan rings is 1. The minimum absolute atomic E-state index is 0.0530. The number of hydroxylamine groups is 1. The predicted molar refractivity (Wildman–Crippen MR) is 154 cm³/mol. The third-order valence-corrected chi connectivity index (χ3v) is 6.45. The Labute approximate surface area is 241 Å². The minimum Gasteiger partial charge on any atom is -0.455 e. The number of anilines is 4. The number of benzene rings is 4. The molecule has 0 aliphatic heterocycles. The number of hydrogen-bond donors (Lipinski definition) is 2. The van der Waals surface area contributed by atoms with Gasteiger partial charge in [0.2, 0.25) is 0 Å². The van der Waals surface area contributed by atoms with E-state index < -0.39 is 18.1 Å². The molecule has 0 saturated carbocycles. The third-order valence-electron chi connectivity index (χ3n) is 6.45. The van der Waals surface area contributed by atoms with E-state index in [0.717, 1.165) is 21.9 Å². The largest absolute Gasteiger partial charge is 0.493 e. The average Bonchev–Trinajstić information content (AvgIpc) is 3.38. The number of nitrogens with zero attached hydrogens (tertiary/aromatic N) is 3. The van der Waals surface area contributed by atoms with Crippen LogP contribution in [0.1, 0.15) is 10.4 Å². The number of nitrogens with one attached hydrogen (secondary N) is 1. The van der Waals surface area contributed by atoms with Gasteiger partial charge in [0.25, 0.3) is 5.91 Å². The fourth-order valence-corrected chi connectivity index (χ4v) is 4.47. The van der Waals surface area contributed by atoms with Crippen molar-refractivity contribution >= 4 is 56.7 Å². The number of carbonyl (C=O) groups excluding carboxylic acids is 2. The summed E-state index contributed by atoms with van der Waals surface area (Å²) in [6, 6.07) is 26.2. The molecular weight excluding hydrogens is 563 g/mol. The van der Waals surface area contributed by atoms with Gasteiger partial charge in [-0.25, -0.2) is 14.8 Å². The highest BCUT2D eigenvalue weighted by molar-refractivity contribution is 6.09. The van der Waals surface area contributed by atoms with E-state index in [9.17, 15) is 22.8 Å². The molecule has 43 heavy (non-hydrogen) atoms.